The van der Waals surface area contributed by atoms with Crippen LogP contribution in [0.25, 0.3) is 0 Å². The van der Waals surface area contributed by atoms with Crippen LogP contribution in [0.1, 0.15) is 29.2 Å². The van der Waals surface area contributed by atoms with Gasteiger partial charge in [0.1, 0.15) is 11.5 Å². The van der Waals surface area contributed by atoms with Gasteiger partial charge in [0.05, 0.1) is 14.2 Å². The molecule has 0 heterocycles. The van der Waals surface area contributed by atoms with E-state index in [2.05, 4.69) is 79.7 Å². The van der Waals surface area contributed by atoms with Crippen LogP contribution >= 0.6 is 17.2 Å². The quantitative estimate of drug-likeness (QED) is 0.237. The van der Waals surface area contributed by atoms with Crippen molar-refractivity contribution in [3.05, 3.63) is 119 Å². The van der Waals surface area contributed by atoms with Gasteiger partial charge in [0, 0.05) is 12.8 Å². The smallest absolute Gasteiger partial charge is 0.122 e. The summed E-state index contributed by atoms with van der Waals surface area (Å²) in [5.74, 6) is 1.91. The number of hydrogen-bond donors (Lipinski definition) is 0. The van der Waals surface area contributed by atoms with Gasteiger partial charge >= 0.3 is 0 Å². The second kappa shape index (κ2) is 12.2. The lowest BCUT2D eigenvalue weighted by Gasteiger charge is -2.14. The fourth-order valence-corrected chi connectivity index (χ4v) is 7.12. The van der Waals surface area contributed by atoms with Crippen LogP contribution in [0.4, 0.5) is 0 Å². The molecule has 0 aromatic heterocycles. The Bertz CT molecular complexity index is 1090. The Morgan fingerprint density at radius 3 is 1.32 bits per heavy atom. The summed E-state index contributed by atoms with van der Waals surface area (Å²) in [6, 6.07) is 34.7. The van der Waals surface area contributed by atoms with E-state index >= 15 is 0 Å². The van der Waals surface area contributed by atoms with Crippen LogP contribution in [-0.2, 0) is 12.8 Å². The molecule has 0 N–H and O–H groups in total. The standard InChI is InChI=1S/C30H32O2P2/c1-22(33-27-16-12-23(13-17-27)20-25-8-4-6-10-29(25)31-2)34-28-18-14-24(15-19-28)21-26-9-5-7-11-30(26)32-3/h4-19,22,33-34H,20-21H2,1-3H3. The predicted octanol–water partition coefficient (Wildman–Crippen LogP) is 6.54. The van der Waals surface area contributed by atoms with Gasteiger partial charge in [0.15, 0.2) is 0 Å². The fraction of sp³-hybridized carbons (Fsp3) is 0.200. The third-order valence-electron chi connectivity index (χ3n) is 5.85. The zero-order valence-electron chi connectivity index (χ0n) is 20.0. The first-order valence-corrected chi connectivity index (χ1v) is 13.7. The molecule has 0 saturated heterocycles. The van der Waals surface area contributed by atoms with E-state index in [-0.39, 0.29) is 0 Å². The van der Waals surface area contributed by atoms with E-state index in [1.807, 2.05) is 24.3 Å². The predicted molar refractivity (Wildman–Crippen MR) is 150 cm³/mol. The van der Waals surface area contributed by atoms with Crippen molar-refractivity contribution in [2.45, 2.75) is 25.2 Å². The Morgan fingerprint density at radius 1 is 0.559 bits per heavy atom. The van der Waals surface area contributed by atoms with E-state index in [1.54, 1.807) is 14.2 Å². The van der Waals surface area contributed by atoms with Crippen LogP contribution in [0.5, 0.6) is 11.5 Å². The molecule has 2 nitrogen and oxygen atoms in total. The van der Waals surface area contributed by atoms with Gasteiger partial charge in [-0.1, -0.05) is 109 Å². The van der Waals surface area contributed by atoms with E-state index in [0.29, 0.717) is 5.40 Å². The zero-order valence-corrected chi connectivity index (χ0v) is 22.0. The number of ether oxygens (including phenoxy) is 2. The molecule has 0 aliphatic rings. The molecule has 0 fully saturated rings. The lowest BCUT2D eigenvalue weighted by atomic mass is 10.0. The molecular formula is C30H32O2P2. The fourth-order valence-electron chi connectivity index (χ4n) is 4.11. The molecule has 0 aliphatic heterocycles. The Labute approximate surface area is 207 Å². The summed E-state index contributed by atoms with van der Waals surface area (Å²) in [6.07, 6.45) is 1.79. The normalized spacial score (nSPS) is 12.4. The minimum atomic E-state index is 0.639. The van der Waals surface area contributed by atoms with Crippen LogP contribution in [0, 0.1) is 0 Å². The molecule has 0 amide bonds. The van der Waals surface area contributed by atoms with Crippen LogP contribution in [0.15, 0.2) is 97.1 Å². The molecule has 4 rings (SSSR count). The monoisotopic (exact) mass is 486 g/mol. The molecule has 34 heavy (non-hydrogen) atoms. The van der Waals surface area contributed by atoms with Gasteiger partial charge in [-0.05, 0) is 50.4 Å². The number of hydrogen-bond acceptors (Lipinski definition) is 2. The Morgan fingerprint density at radius 2 is 0.941 bits per heavy atom. The molecule has 0 spiro atoms. The zero-order chi connectivity index (χ0) is 23.8. The summed E-state index contributed by atoms with van der Waals surface area (Å²) in [5, 5.41) is 3.49. The van der Waals surface area contributed by atoms with Crippen molar-refractivity contribution < 1.29 is 9.47 Å². The van der Waals surface area contributed by atoms with Gasteiger partial charge in [0.2, 0.25) is 0 Å². The van der Waals surface area contributed by atoms with Crippen molar-refractivity contribution in [3.63, 3.8) is 0 Å². The van der Waals surface area contributed by atoms with Crippen LogP contribution < -0.4 is 20.1 Å². The summed E-state index contributed by atoms with van der Waals surface area (Å²) < 4.78 is 11.0. The molecule has 4 aromatic carbocycles. The van der Waals surface area contributed by atoms with E-state index in [1.165, 1.54) is 32.9 Å². The molecular weight excluding hydrogens is 454 g/mol. The third kappa shape index (κ3) is 6.69. The van der Waals surface area contributed by atoms with Crippen molar-refractivity contribution in [3.8, 4) is 11.5 Å². The van der Waals surface area contributed by atoms with Gasteiger partial charge in [-0.15, -0.1) is 0 Å². The molecule has 4 heteroatoms. The average molecular weight is 487 g/mol. The van der Waals surface area contributed by atoms with Gasteiger partial charge in [-0.3, -0.25) is 0 Å². The molecule has 174 valence electrons. The van der Waals surface area contributed by atoms with Crippen LogP contribution in [0.3, 0.4) is 0 Å². The largest absolute Gasteiger partial charge is 0.496 e. The van der Waals surface area contributed by atoms with Crippen molar-refractivity contribution in [1.82, 2.24) is 0 Å². The molecule has 4 aromatic rings. The summed E-state index contributed by atoms with van der Waals surface area (Å²) in [6.45, 7) is 2.36. The minimum Gasteiger partial charge on any atom is -0.496 e. The van der Waals surface area contributed by atoms with Crippen LogP contribution in [0.2, 0.25) is 0 Å². The molecule has 2 atom stereocenters. The number of benzene rings is 4. The second-order valence-electron chi connectivity index (χ2n) is 8.38. The highest BCUT2D eigenvalue weighted by Gasteiger charge is 2.08. The van der Waals surface area contributed by atoms with Gasteiger partial charge in [-0.2, -0.15) is 0 Å². The third-order valence-corrected chi connectivity index (χ3v) is 8.91. The highest BCUT2D eigenvalue weighted by Crippen LogP contribution is 2.33. The number of rotatable bonds is 10. The van der Waals surface area contributed by atoms with E-state index in [9.17, 15) is 0 Å². The topological polar surface area (TPSA) is 18.5 Å². The second-order valence-corrected chi connectivity index (χ2v) is 12.4. The maximum atomic E-state index is 5.49. The van der Waals surface area contributed by atoms with Gasteiger partial charge in [0.25, 0.3) is 0 Å². The highest BCUT2D eigenvalue weighted by atomic mass is 31.1. The summed E-state index contributed by atoms with van der Waals surface area (Å²) in [4.78, 5) is 0. The first-order chi connectivity index (χ1) is 16.6. The van der Waals surface area contributed by atoms with E-state index in [4.69, 9.17) is 9.47 Å². The Balaban J connectivity index is 1.31. The lowest BCUT2D eigenvalue weighted by molar-refractivity contribution is 0.410. The highest BCUT2D eigenvalue weighted by molar-refractivity contribution is 7.65. The van der Waals surface area contributed by atoms with E-state index in [0.717, 1.165) is 41.5 Å². The number of para-hydroxylation sites is 2. The summed E-state index contributed by atoms with van der Waals surface area (Å²) in [5.41, 5.74) is 5.09. The Kier molecular flexibility index (Phi) is 8.75. The first-order valence-electron chi connectivity index (χ1n) is 11.6. The maximum Gasteiger partial charge on any atom is 0.122 e. The molecule has 0 saturated carbocycles. The molecule has 0 aliphatic carbocycles. The molecule has 0 radical (unpaired) electrons. The van der Waals surface area contributed by atoms with Crippen molar-refractivity contribution >= 4 is 27.8 Å². The summed E-state index contributed by atoms with van der Waals surface area (Å²) in [7, 11) is 5.09. The average Bonchev–Trinajstić information content (AvgIpc) is 2.87. The molecule has 2 unspecified atom stereocenters. The van der Waals surface area contributed by atoms with Crippen molar-refractivity contribution in [2.75, 3.05) is 14.2 Å². The van der Waals surface area contributed by atoms with Gasteiger partial charge < -0.3 is 9.47 Å². The van der Waals surface area contributed by atoms with E-state index < -0.39 is 0 Å². The minimum absolute atomic E-state index is 0.639. The first kappa shape index (κ1) is 24.5. The van der Waals surface area contributed by atoms with Gasteiger partial charge in [-0.25, -0.2) is 0 Å². The van der Waals surface area contributed by atoms with Crippen LogP contribution in [-0.4, -0.2) is 19.6 Å². The van der Waals surface area contributed by atoms with Crippen molar-refractivity contribution in [1.29, 1.82) is 0 Å². The SMILES string of the molecule is COc1ccccc1Cc1ccc(PC(C)Pc2ccc(Cc3ccccc3OC)cc2)cc1. The number of methoxy groups -OCH3 is 2. The molecule has 0 bridgehead atoms. The summed E-state index contributed by atoms with van der Waals surface area (Å²) >= 11 is 0. The lowest BCUT2D eigenvalue weighted by Crippen LogP contribution is -2.04. The maximum absolute atomic E-state index is 5.49. The van der Waals surface area contributed by atoms with Crippen molar-refractivity contribution in [2.24, 2.45) is 0 Å². The Hall–Kier alpha value is -2.66.